The van der Waals surface area contributed by atoms with E-state index >= 15 is 0 Å². The molecule has 0 saturated heterocycles. The van der Waals surface area contributed by atoms with E-state index in [0.717, 1.165) is 30.0 Å². The third kappa shape index (κ3) is 3.52. The number of benzene rings is 1. The molecule has 2 heterocycles. The minimum Gasteiger partial charge on any atom is -0.478 e. The summed E-state index contributed by atoms with van der Waals surface area (Å²) in [5.41, 5.74) is 1.74. The van der Waals surface area contributed by atoms with Crippen LogP contribution in [0, 0.1) is 0 Å². The summed E-state index contributed by atoms with van der Waals surface area (Å²) in [6, 6.07) is 10.3. The van der Waals surface area contributed by atoms with Gasteiger partial charge in [-0.25, -0.2) is 9.78 Å². The fraction of sp³-hybridized carbons (Fsp3) is 0.381. The number of aromatic carboxylic acids is 1. The molecule has 1 aliphatic carbocycles. The Bertz CT molecular complexity index is 891. The van der Waals surface area contributed by atoms with Gasteiger partial charge >= 0.3 is 5.97 Å². The highest BCUT2D eigenvalue weighted by atomic mass is 16.4. The fourth-order valence-electron chi connectivity index (χ4n) is 4.05. The van der Waals surface area contributed by atoms with Crippen LogP contribution in [0.2, 0.25) is 0 Å². The average Bonchev–Trinajstić information content (AvgIpc) is 2.70. The van der Waals surface area contributed by atoms with Crippen molar-refractivity contribution in [2.24, 2.45) is 0 Å². The van der Waals surface area contributed by atoms with Crippen molar-refractivity contribution >= 4 is 34.9 Å². The molecule has 0 radical (unpaired) electrons. The van der Waals surface area contributed by atoms with E-state index in [1.54, 1.807) is 24.3 Å². The molecule has 1 aliphatic heterocycles. The predicted octanol–water partition coefficient (Wildman–Crippen LogP) is 4.00. The van der Waals surface area contributed by atoms with Gasteiger partial charge in [0.25, 0.3) is 0 Å². The van der Waals surface area contributed by atoms with Crippen LogP contribution in [-0.2, 0) is 4.79 Å². The molecule has 0 bridgehead atoms. The summed E-state index contributed by atoms with van der Waals surface area (Å²) in [7, 11) is 0. The number of carbonyl (C=O) groups is 2. The van der Waals surface area contributed by atoms with Gasteiger partial charge in [-0.2, -0.15) is 0 Å². The largest absolute Gasteiger partial charge is 0.478 e. The molecule has 2 aromatic rings. The number of aromatic nitrogens is 1. The van der Waals surface area contributed by atoms with Crippen LogP contribution >= 0.6 is 0 Å². The van der Waals surface area contributed by atoms with E-state index in [0.29, 0.717) is 11.9 Å². The number of carboxylic acid groups (broad SMARTS) is 1. The number of anilines is 4. The van der Waals surface area contributed by atoms with Crippen molar-refractivity contribution in [2.75, 3.05) is 15.5 Å². The van der Waals surface area contributed by atoms with Crippen molar-refractivity contribution in [3.05, 3.63) is 42.0 Å². The predicted molar refractivity (Wildman–Crippen MR) is 108 cm³/mol. The normalized spacial score (nSPS) is 19.7. The van der Waals surface area contributed by atoms with Crippen molar-refractivity contribution in [1.82, 2.24) is 4.98 Å². The van der Waals surface area contributed by atoms with Gasteiger partial charge in [-0.3, -0.25) is 4.79 Å². The minimum absolute atomic E-state index is 0.00448. The topological polar surface area (TPSA) is 94.6 Å². The molecule has 0 unspecified atom stereocenters. The number of nitrogens with zero attached hydrogens (tertiary/aromatic N) is 2. The molecule has 2 aliphatic rings. The van der Waals surface area contributed by atoms with Crippen molar-refractivity contribution in [2.45, 2.75) is 51.1 Å². The quantitative estimate of drug-likeness (QED) is 0.742. The lowest BCUT2D eigenvalue weighted by molar-refractivity contribution is -0.117. The number of rotatable bonds is 4. The van der Waals surface area contributed by atoms with Crippen LogP contribution in [0.1, 0.15) is 49.4 Å². The lowest BCUT2D eigenvalue weighted by Crippen LogP contribution is -2.52. The molecule has 7 nitrogen and oxygen atoms in total. The highest BCUT2D eigenvalue weighted by molar-refractivity contribution is 6.03. The van der Waals surface area contributed by atoms with Gasteiger partial charge in [0.2, 0.25) is 5.91 Å². The zero-order chi connectivity index (χ0) is 19.7. The molecule has 1 saturated carbocycles. The van der Waals surface area contributed by atoms with Crippen LogP contribution in [0.5, 0.6) is 0 Å². The van der Waals surface area contributed by atoms with Crippen molar-refractivity contribution < 1.29 is 14.7 Å². The number of hydrogen-bond donors (Lipinski definition) is 3. The monoisotopic (exact) mass is 380 g/mol. The molecule has 1 atom stereocenters. The second-order valence-electron chi connectivity index (χ2n) is 7.44. The molecule has 146 valence electrons. The second kappa shape index (κ2) is 7.50. The molecular formula is C21H24N4O3. The molecule has 4 rings (SSSR count). The molecular weight excluding hydrogens is 356 g/mol. The summed E-state index contributed by atoms with van der Waals surface area (Å²) >= 11 is 0. The Hall–Kier alpha value is -3.09. The summed E-state index contributed by atoms with van der Waals surface area (Å²) in [4.78, 5) is 30.4. The van der Waals surface area contributed by atoms with Gasteiger partial charge in [-0.15, -0.1) is 0 Å². The average molecular weight is 380 g/mol. The maximum absolute atomic E-state index is 12.4. The van der Waals surface area contributed by atoms with Crippen LogP contribution in [-0.4, -0.2) is 34.1 Å². The first kappa shape index (κ1) is 18.3. The molecule has 3 N–H and O–H groups in total. The number of fused-ring (bicyclic) bond motifs is 1. The number of carboxylic acids is 1. The Morgan fingerprint density at radius 2 is 1.86 bits per heavy atom. The molecule has 1 amide bonds. The Morgan fingerprint density at radius 3 is 2.54 bits per heavy atom. The van der Waals surface area contributed by atoms with Gasteiger partial charge in [0.15, 0.2) is 5.82 Å². The van der Waals surface area contributed by atoms with Crippen LogP contribution in [0.15, 0.2) is 36.4 Å². The zero-order valence-electron chi connectivity index (χ0n) is 15.8. The second-order valence-corrected chi connectivity index (χ2v) is 7.44. The lowest BCUT2D eigenvalue weighted by Gasteiger charge is -2.42. The van der Waals surface area contributed by atoms with Crippen molar-refractivity contribution in [3.63, 3.8) is 0 Å². The first-order chi connectivity index (χ1) is 13.5. The smallest absolute Gasteiger partial charge is 0.335 e. The maximum atomic E-state index is 12.4. The van der Waals surface area contributed by atoms with E-state index in [1.807, 2.05) is 19.1 Å². The molecule has 1 fully saturated rings. The van der Waals surface area contributed by atoms with Crippen molar-refractivity contribution in [1.29, 1.82) is 0 Å². The Labute approximate surface area is 163 Å². The number of nitrogens with one attached hydrogen (secondary N) is 2. The maximum Gasteiger partial charge on any atom is 0.335 e. The number of amides is 1. The summed E-state index contributed by atoms with van der Waals surface area (Å²) in [5, 5.41) is 15.2. The van der Waals surface area contributed by atoms with Crippen LogP contribution in [0.25, 0.3) is 0 Å². The van der Waals surface area contributed by atoms with Crippen LogP contribution in [0.4, 0.5) is 23.0 Å². The van der Waals surface area contributed by atoms with E-state index in [4.69, 9.17) is 10.1 Å². The van der Waals surface area contributed by atoms with E-state index in [9.17, 15) is 9.59 Å². The van der Waals surface area contributed by atoms with Gasteiger partial charge in [-0.1, -0.05) is 19.3 Å². The van der Waals surface area contributed by atoms with Gasteiger partial charge in [0.05, 0.1) is 11.3 Å². The van der Waals surface area contributed by atoms with Gasteiger partial charge < -0.3 is 20.6 Å². The standard InChI is InChI=1S/C21H24N4O3/c1-13-20(26)23-17-11-12-18(22-15-9-7-14(8-10-15)21(27)28)24-19(17)25(13)16-5-3-2-4-6-16/h7-13,16H,2-6H2,1H3,(H,22,24)(H,23,26)(H,27,28)/t13-/m1/s1. The van der Waals surface area contributed by atoms with E-state index in [-0.39, 0.29) is 17.5 Å². The minimum atomic E-state index is -0.952. The lowest BCUT2D eigenvalue weighted by atomic mass is 9.92. The van der Waals surface area contributed by atoms with Gasteiger partial charge in [-0.05, 0) is 56.2 Å². The van der Waals surface area contributed by atoms with E-state index in [1.165, 1.54) is 19.3 Å². The summed E-state index contributed by atoms with van der Waals surface area (Å²) in [6.07, 6.45) is 5.76. The molecule has 0 spiro atoms. The molecule has 28 heavy (non-hydrogen) atoms. The summed E-state index contributed by atoms with van der Waals surface area (Å²) in [6.45, 7) is 1.93. The van der Waals surface area contributed by atoms with Crippen LogP contribution in [0.3, 0.4) is 0 Å². The molecule has 7 heteroatoms. The zero-order valence-corrected chi connectivity index (χ0v) is 15.8. The first-order valence-corrected chi connectivity index (χ1v) is 9.73. The third-order valence-electron chi connectivity index (χ3n) is 5.55. The number of carbonyl (C=O) groups excluding carboxylic acids is 1. The Balaban J connectivity index is 1.62. The molecule has 1 aromatic carbocycles. The highest BCUT2D eigenvalue weighted by Gasteiger charge is 2.36. The van der Waals surface area contributed by atoms with Gasteiger partial charge in [0.1, 0.15) is 11.9 Å². The van der Waals surface area contributed by atoms with Crippen LogP contribution < -0.4 is 15.5 Å². The van der Waals surface area contributed by atoms with E-state index in [2.05, 4.69) is 15.5 Å². The van der Waals surface area contributed by atoms with E-state index < -0.39 is 5.97 Å². The Kier molecular flexibility index (Phi) is 4.90. The first-order valence-electron chi connectivity index (χ1n) is 9.73. The molecule has 1 aromatic heterocycles. The summed E-state index contributed by atoms with van der Waals surface area (Å²) in [5.74, 6) is 0.508. The fourth-order valence-corrected chi connectivity index (χ4v) is 4.05. The summed E-state index contributed by atoms with van der Waals surface area (Å²) < 4.78 is 0. The highest BCUT2D eigenvalue weighted by Crippen LogP contribution is 2.37. The SMILES string of the molecule is C[C@@H]1C(=O)Nc2ccc(Nc3ccc(C(=O)O)cc3)nc2N1C1CCCCC1. The van der Waals surface area contributed by atoms with Crippen molar-refractivity contribution in [3.8, 4) is 0 Å². The number of hydrogen-bond acceptors (Lipinski definition) is 5. The van der Waals surface area contributed by atoms with Gasteiger partial charge in [0, 0.05) is 11.7 Å². The Morgan fingerprint density at radius 1 is 1.14 bits per heavy atom. The third-order valence-corrected chi connectivity index (χ3v) is 5.55. The number of pyridine rings is 1.